The van der Waals surface area contributed by atoms with E-state index in [0.717, 1.165) is 62.6 Å². The summed E-state index contributed by atoms with van der Waals surface area (Å²) in [6.07, 6.45) is 0. The zero-order valence-electron chi connectivity index (χ0n) is 43.6. The first kappa shape index (κ1) is 46.5. The second-order valence-electron chi connectivity index (χ2n) is 20.6. The van der Waals surface area contributed by atoms with Crippen LogP contribution in [0, 0.1) is 34.6 Å². The van der Waals surface area contributed by atoms with Gasteiger partial charge < -0.3 is 19.6 Å². The molecule has 0 saturated heterocycles. The molecule has 0 spiro atoms. The first-order valence-corrected chi connectivity index (χ1v) is 26.4. The van der Waals surface area contributed by atoms with Crippen LogP contribution in [0.5, 0.6) is 0 Å². The molecule has 11 aromatic carbocycles. The summed E-state index contributed by atoms with van der Waals surface area (Å²) >= 11 is 0. The van der Waals surface area contributed by atoms with Crippen molar-refractivity contribution in [2.45, 2.75) is 34.6 Å². The molecule has 2 aliphatic heterocycles. The normalized spacial score (nSPS) is 12.2. The number of aryl methyl sites for hydroxylation is 5. The first-order valence-electron chi connectivity index (χ1n) is 26.4. The molecule has 76 heavy (non-hydrogen) atoms. The fraction of sp³-hybridized carbons (Fsp3) is 0.0704. The van der Waals surface area contributed by atoms with Gasteiger partial charge >= 0.3 is 0 Å². The van der Waals surface area contributed by atoms with Gasteiger partial charge in [-0.05, 0) is 176 Å². The highest BCUT2D eigenvalue weighted by atomic mass is 15.2. The van der Waals surface area contributed by atoms with Crippen molar-refractivity contribution in [2.75, 3.05) is 19.6 Å². The Labute approximate surface area is 448 Å². The minimum Gasteiger partial charge on any atom is -0.311 e. The van der Waals surface area contributed by atoms with Gasteiger partial charge in [-0.15, -0.1) is 0 Å². The third-order valence-corrected chi connectivity index (χ3v) is 15.3. The molecular formula is C71H57BN4. The minimum atomic E-state index is -0.0719. The molecule has 0 amide bonds. The van der Waals surface area contributed by atoms with Crippen LogP contribution < -0.4 is 36.0 Å². The average Bonchev–Trinajstić information content (AvgIpc) is 3.46. The summed E-state index contributed by atoms with van der Waals surface area (Å²) in [5.74, 6) is 0. The molecule has 0 atom stereocenters. The molecule has 5 heteroatoms. The van der Waals surface area contributed by atoms with Gasteiger partial charge in [-0.3, -0.25) is 0 Å². The fourth-order valence-corrected chi connectivity index (χ4v) is 11.5. The predicted octanol–water partition coefficient (Wildman–Crippen LogP) is 17.6. The largest absolute Gasteiger partial charge is 0.311 e. The van der Waals surface area contributed by atoms with Crippen molar-refractivity contribution in [2.24, 2.45) is 0 Å². The Hall–Kier alpha value is -9.32. The van der Waals surface area contributed by atoms with Gasteiger partial charge in [0.1, 0.15) is 0 Å². The Bertz CT molecular complexity index is 3770. The minimum absolute atomic E-state index is 0.0719. The molecule has 11 aromatic rings. The van der Waals surface area contributed by atoms with Gasteiger partial charge in [0, 0.05) is 62.6 Å². The van der Waals surface area contributed by atoms with E-state index in [9.17, 15) is 0 Å². The summed E-state index contributed by atoms with van der Waals surface area (Å²) in [5.41, 5.74) is 28.0. The quantitative estimate of drug-likeness (QED) is 0.127. The van der Waals surface area contributed by atoms with Crippen LogP contribution >= 0.6 is 0 Å². The van der Waals surface area contributed by atoms with E-state index in [1.54, 1.807) is 0 Å². The lowest BCUT2D eigenvalue weighted by molar-refractivity contribution is 1.21. The van der Waals surface area contributed by atoms with Gasteiger partial charge in [-0.2, -0.15) is 0 Å². The van der Waals surface area contributed by atoms with Crippen LogP contribution in [-0.2, 0) is 0 Å². The van der Waals surface area contributed by atoms with Crippen LogP contribution in [-0.4, -0.2) is 6.71 Å². The summed E-state index contributed by atoms with van der Waals surface area (Å²) in [7, 11) is 0. The number of nitrogens with zero attached hydrogens (tertiary/aromatic N) is 4. The highest BCUT2D eigenvalue weighted by Gasteiger charge is 2.44. The summed E-state index contributed by atoms with van der Waals surface area (Å²) in [6.45, 7) is 10.8. The smallest absolute Gasteiger partial charge is 0.252 e. The molecule has 2 aliphatic rings. The van der Waals surface area contributed by atoms with Gasteiger partial charge in [0.2, 0.25) is 0 Å². The number of anilines is 12. The van der Waals surface area contributed by atoms with Gasteiger partial charge in [-0.1, -0.05) is 179 Å². The van der Waals surface area contributed by atoms with Crippen LogP contribution in [0.1, 0.15) is 27.8 Å². The third-order valence-electron chi connectivity index (χ3n) is 15.3. The lowest BCUT2D eigenvalue weighted by atomic mass is 9.33. The van der Waals surface area contributed by atoms with Gasteiger partial charge in [0.05, 0.1) is 5.69 Å². The Morgan fingerprint density at radius 1 is 0.263 bits per heavy atom. The zero-order chi connectivity index (χ0) is 51.4. The summed E-state index contributed by atoms with van der Waals surface area (Å²) in [5, 5.41) is 0. The first-order chi connectivity index (χ1) is 37.2. The van der Waals surface area contributed by atoms with Crippen molar-refractivity contribution in [1.29, 1.82) is 0 Å². The monoisotopic (exact) mass is 976 g/mol. The Kier molecular flexibility index (Phi) is 11.7. The topological polar surface area (TPSA) is 13.0 Å². The molecular weight excluding hydrogens is 920 g/mol. The molecule has 364 valence electrons. The van der Waals surface area contributed by atoms with E-state index in [1.165, 1.54) is 72.1 Å². The SMILES string of the molecule is Cc1ccc(N(c2ccc(C)cc2)c2cc3c4c(c2)N(c2ccc(C)cc2)c2cc(N(c5ccc(-c6ccccc6)cc5)c5ccc(-c6ccccc6)cc5)ccc2B4c2cc(C)ccc2N3c2ccc(C)cc2)cc1. The van der Waals surface area contributed by atoms with Gasteiger partial charge in [-0.25, -0.2) is 0 Å². The number of rotatable bonds is 10. The third kappa shape index (κ3) is 8.40. The standard InChI is InChI=1S/C71H57BN4/c1-48-16-29-57(30-17-48)74(58-31-18-49(2)19-32-58)64-46-69-71-70(47-64)76(62-35-22-51(4)23-36-62)68-45-63(41-42-65(68)72(71)66-44-52(5)24-43-67(66)75(69)61-33-20-50(3)21-34-61)73(59-37-25-55(26-38-59)53-12-8-6-9-13-53)60-39-27-56(28-40-60)54-14-10-7-11-15-54/h6-47H,1-5H3. The van der Waals surface area contributed by atoms with Crippen molar-refractivity contribution >= 4 is 91.3 Å². The van der Waals surface area contributed by atoms with E-state index in [-0.39, 0.29) is 6.71 Å². The number of hydrogen-bond donors (Lipinski definition) is 0. The Balaban J connectivity index is 1.08. The molecule has 0 aliphatic carbocycles. The molecule has 0 saturated carbocycles. The van der Waals surface area contributed by atoms with Crippen LogP contribution in [0.3, 0.4) is 0 Å². The van der Waals surface area contributed by atoms with Crippen LogP contribution in [0.2, 0.25) is 0 Å². The Morgan fingerprint density at radius 2 is 0.618 bits per heavy atom. The predicted molar refractivity (Wildman–Crippen MR) is 324 cm³/mol. The van der Waals surface area contributed by atoms with Crippen LogP contribution in [0.4, 0.5) is 68.2 Å². The van der Waals surface area contributed by atoms with E-state index >= 15 is 0 Å². The molecule has 0 fully saturated rings. The highest BCUT2D eigenvalue weighted by Crippen LogP contribution is 2.49. The van der Waals surface area contributed by atoms with E-state index in [1.807, 2.05) is 0 Å². The lowest BCUT2D eigenvalue weighted by Crippen LogP contribution is -2.61. The van der Waals surface area contributed by atoms with E-state index in [4.69, 9.17) is 0 Å². The van der Waals surface area contributed by atoms with Crippen LogP contribution in [0.15, 0.2) is 255 Å². The lowest BCUT2D eigenvalue weighted by Gasteiger charge is -2.45. The van der Waals surface area contributed by atoms with Crippen molar-refractivity contribution < 1.29 is 0 Å². The summed E-state index contributed by atoms with van der Waals surface area (Å²) in [4.78, 5) is 9.91. The van der Waals surface area contributed by atoms with E-state index in [0.29, 0.717) is 0 Å². The maximum Gasteiger partial charge on any atom is 0.252 e. The summed E-state index contributed by atoms with van der Waals surface area (Å²) < 4.78 is 0. The Morgan fingerprint density at radius 3 is 1.08 bits per heavy atom. The van der Waals surface area contributed by atoms with Crippen molar-refractivity contribution in [1.82, 2.24) is 0 Å². The highest BCUT2D eigenvalue weighted by molar-refractivity contribution is 7.00. The van der Waals surface area contributed by atoms with Crippen molar-refractivity contribution in [3.05, 3.63) is 283 Å². The summed E-state index contributed by atoms with van der Waals surface area (Å²) in [6, 6.07) is 94.6. The maximum absolute atomic E-state index is 2.54. The van der Waals surface area contributed by atoms with Gasteiger partial charge in [0.25, 0.3) is 6.71 Å². The van der Waals surface area contributed by atoms with E-state index in [2.05, 4.69) is 309 Å². The van der Waals surface area contributed by atoms with Crippen LogP contribution in [0.25, 0.3) is 22.3 Å². The van der Waals surface area contributed by atoms with Crippen molar-refractivity contribution in [3.8, 4) is 22.3 Å². The number of benzene rings is 11. The molecule has 13 rings (SSSR count). The second kappa shape index (κ2) is 19.2. The molecule has 0 radical (unpaired) electrons. The molecule has 0 aromatic heterocycles. The molecule has 0 unspecified atom stereocenters. The molecule has 4 nitrogen and oxygen atoms in total. The number of fused-ring (bicyclic) bond motifs is 4. The van der Waals surface area contributed by atoms with Gasteiger partial charge in [0.15, 0.2) is 0 Å². The average molecular weight is 977 g/mol. The second-order valence-corrected chi connectivity index (χ2v) is 20.6. The number of hydrogen-bond acceptors (Lipinski definition) is 4. The molecule has 2 heterocycles. The van der Waals surface area contributed by atoms with Crippen molar-refractivity contribution in [3.63, 3.8) is 0 Å². The maximum atomic E-state index is 2.54. The zero-order valence-corrected chi connectivity index (χ0v) is 43.6. The fourth-order valence-electron chi connectivity index (χ4n) is 11.5. The molecule has 0 bridgehead atoms. The van der Waals surface area contributed by atoms with E-state index < -0.39 is 0 Å². The molecule has 0 N–H and O–H groups in total.